The highest BCUT2D eigenvalue weighted by molar-refractivity contribution is 7.80. The second-order valence-electron chi connectivity index (χ2n) is 3.71. The zero-order chi connectivity index (χ0) is 12.8. The summed E-state index contributed by atoms with van der Waals surface area (Å²) in [5.74, 6) is -0.538. The number of hydrogen-bond acceptors (Lipinski definition) is 2. The Morgan fingerprint density at radius 1 is 1.59 bits per heavy atom. The summed E-state index contributed by atoms with van der Waals surface area (Å²) in [6.07, 6.45) is 0.608. The minimum atomic E-state index is -0.399. The Bertz CT molecular complexity index is 423. The van der Waals surface area contributed by atoms with Gasteiger partial charge in [-0.25, -0.2) is 0 Å². The average Bonchev–Trinajstić information content (AvgIpc) is 2.27. The number of hydrogen-bond donors (Lipinski definition) is 2. The van der Waals surface area contributed by atoms with Crippen molar-refractivity contribution in [1.82, 2.24) is 5.32 Å². The average molecular weight is 271 g/mol. The number of thiocarbonyl (C=S) groups is 1. The van der Waals surface area contributed by atoms with E-state index in [4.69, 9.17) is 29.6 Å². The number of amides is 1. The maximum absolute atomic E-state index is 11.8. The largest absolute Gasteiger partial charge is 0.393 e. The Hall–Kier alpha value is -1.13. The highest BCUT2D eigenvalue weighted by Gasteiger charge is 2.18. The number of nitrogens with two attached hydrogens (primary N) is 1. The Morgan fingerprint density at radius 2 is 2.29 bits per heavy atom. The summed E-state index contributed by atoms with van der Waals surface area (Å²) in [6, 6.07) is 7.34. The van der Waals surface area contributed by atoms with Crippen molar-refractivity contribution in [2.24, 2.45) is 11.7 Å². The molecule has 0 saturated heterocycles. The molecule has 1 aromatic rings. The van der Waals surface area contributed by atoms with E-state index in [2.05, 4.69) is 5.32 Å². The van der Waals surface area contributed by atoms with Crippen molar-refractivity contribution < 1.29 is 4.79 Å². The van der Waals surface area contributed by atoms with Crippen LogP contribution < -0.4 is 11.1 Å². The lowest BCUT2D eigenvalue weighted by atomic mass is 10.1. The van der Waals surface area contributed by atoms with Crippen LogP contribution in [-0.2, 0) is 11.3 Å². The van der Waals surface area contributed by atoms with Crippen molar-refractivity contribution >= 4 is 34.7 Å². The quantitative estimate of drug-likeness (QED) is 0.807. The zero-order valence-corrected chi connectivity index (χ0v) is 11.1. The molecule has 0 aromatic heterocycles. The van der Waals surface area contributed by atoms with E-state index in [1.165, 1.54) is 0 Å². The topological polar surface area (TPSA) is 55.1 Å². The van der Waals surface area contributed by atoms with Gasteiger partial charge in [-0.1, -0.05) is 42.9 Å². The zero-order valence-electron chi connectivity index (χ0n) is 9.57. The summed E-state index contributed by atoms with van der Waals surface area (Å²) < 4.78 is 0. The maximum atomic E-state index is 11.8. The molecule has 5 heteroatoms. The predicted molar refractivity (Wildman–Crippen MR) is 73.9 cm³/mol. The first-order chi connectivity index (χ1) is 8.04. The Kier molecular flexibility index (Phi) is 5.38. The molecule has 0 saturated carbocycles. The number of carbonyl (C=O) groups is 1. The summed E-state index contributed by atoms with van der Waals surface area (Å²) in [4.78, 5) is 12.0. The van der Waals surface area contributed by atoms with Crippen LogP contribution in [0.1, 0.15) is 18.9 Å². The molecule has 0 fully saturated rings. The lowest BCUT2D eigenvalue weighted by Crippen LogP contribution is -2.37. The maximum Gasteiger partial charge on any atom is 0.230 e. The second kappa shape index (κ2) is 6.57. The molecule has 0 spiro atoms. The molecule has 1 amide bonds. The van der Waals surface area contributed by atoms with Crippen molar-refractivity contribution in [1.29, 1.82) is 0 Å². The molecule has 0 radical (unpaired) electrons. The number of nitrogens with one attached hydrogen (secondary N) is 1. The van der Waals surface area contributed by atoms with Gasteiger partial charge in [-0.15, -0.1) is 0 Å². The minimum absolute atomic E-state index is 0.139. The van der Waals surface area contributed by atoms with E-state index >= 15 is 0 Å². The predicted octanol–water partition coefficient (Wildman–Crippen LogP) is 2.27. The van der Waals surface area contributed by atoms with Gasteiger partial charge in [0.2, 0.25) is 5.91 Å². The van der Waals surface area contributed by atoms with Crippen LogP contribution in [0.3, 0.4) is 0 Å². The van der Waals surface area contributed by atoms with Crippen LogP contribution in [0.5, 0.6) is 0 Å². The van der Waals surface area contributed by atoms with E-state index < -0.39 is 5.92 Å². The van der Waals surface area contributed by atoms with Gasteiger partial charge in [0.15, 0.2) is 0 Å². The fourth-order valence-electron chi connectivity index (χ4n) is 1.48. The van der Waals surface area contributed by atoms with Crippen LogP contribution in [0.25, 0.3) is 0 Å². The number of carbonyl (C=O) groups excluding carboxylic acids is 1. The van der Waals surface area contributed by atoms with Gasteiger partial charge in [-0.3, -0.25) is 4.79 Å². The summed E-state index contributed by atoms with van der Waals surface area (Å²) in [6.45, 7) is 2.31. The molecule has 1 unspecified atom stereocenters. The Balaban J connectivity index is 2.56. The van der Waals surface area contributed by atoms with E-state index in [1.807, 2.05) is 25.1 Å². The molecule has 92 valence electrons. The van der Waals surface area contributed by atoms with Gasteiger partial charge < -0.3 is 11.1 Å². The first kappa shape index (κ1) is 13.9. The standard InChI is InChI=1S/C12H15ClN2OS/c1-2-10(11(14)17)12(16)15-7-8-4-3-5-9(13)6-8/h3-6,10H,2,7H2,1H3,(H2,14,17)(H,15,16). The molecule has 3 nitrogen and oxygen atoms in total. The molecular formula is C12H15ClN2OS. The third kappa shape index (κ3) is 4.32. The van der Waals surface area contributed by atoms with E-state index in [1.54, 1.807) is 6.07 Å². The van der Waals surface area contributed by atoms with E-state index in [0.717, 1.165) is 5.56 Å². The van der Waals surface area contributed by atoms with Gasteiger partial charge in [-0.2, -0.15) is 0 Å². The fourth-order valence-corrected chi connectivity index (χ4v) is 1.96. The summed E-state index contributed by atoms with van der Waals surface area (Å²) >= 11 is 10.7. The molecule has 0 aliphatic rings. The summed E-state index contributed by atoms with van der Waals surface area (Å²) in [5, 5.41) is 3.44. The highest BCUT2D eigenvalue weighted by atomic mass is 35.5. The van der Waals surface area contributed by atoms with Crippen LogP contribution in [-0.4, -0.2) is 10.9 Å². The van der Waals surface area contributed by atoms with Gasteiger partial charge in [-0.05, 0) is 24.1 Å². The summed E-state index contributed by atoms with van der Waals surface area (Å²) in [5.41, 5.74) is 6.44. The van der Waals surface area contributed by atoms with Crippen LogP contribution in [0.4, 0.5) is 0 Å². The molecule has 0 bridgehead atoms. The van der Waals surface area contributed by atoms with Crippen LogP contribution >= 0.6 is 23.8 Å². The molecule has 0 aliphatic carbocycles. The Labute approximate surface area is 111 Å². The van der Waals surface area contributed by atoms with Crippen LogP contribution in [0, 0.1) is 5.92 Å². The molecule has 3 N–H and O–H groups in total. The van der Waals surface area contributed by atoms with Crippen molar-refractivity contribution in [2.45, 2.75) is 19.9 Å². The van der Waals surface area contributed by atoms with E-state index in [0.29, 0.717) is 18.0 Å². The molecule has 1 atom stereocenters. The number of benzene rings is 1. The normalized spacial score (nSPS) is 11.9. The van der Waals surface area contributed by atoms with Crippen molar-refractivity contribution in [2.75, 3.05) is 0 Å². The summed E-state index contributed by atoms with van der Waals surface area (Å²) in [7, 11) is 0. The third-order valence-corrected chi connectivity index (χ3v) is 2.94. The molecule has 0 heterocycles. The molecule has 0 aliphatic heterocycles. The SMILES string of the molecule is CCC(C(=O)NCc1cccc(Cl)c1)C(N)=S. The Morgan fingerprint density at radius 3 is 2.82 bits per heavy atom. The molecule has 1 aromatic carbocycles. The monoisotopic (exact) mass is 270 g/mol. The first-order valence-electron chi connectivity index (χ1n) is 5.36. The lowest BCUT2D eigenvalue weighted by molar-refractivity contribution is -0.123. The first-order valence-corrected chi connectivity index (χ1v) is 6.14. The van der Waals surface area contributed by atoms with E-state index in [-0.39, 0.29) is 10.9 Å². The van der Waals surface area contributed by atoms with Crippen molar-refractivity contribution in [3.63, 3.8) is 0 Å². The number of halogens is 1. The molecular weight excluding hydrogens is 256 g/mol. The van der Waals surface area contributed by atoms with Crippen molar-refractivity contribution in [3.05, 3.63) is 34.9 Å². The smallest absolute Gasteiger partial charge is 0.230 e. The van der Waals surface area contributed by atoms with Crippen LogP contribution in [0.15, 0.2) is 24.3 Å². The van der Waals surface area contributed by atoms with Gasteiger partial charge >= 0.3 is 0 Å². The highest BCUT2D eigenvalue weighted by Crippen LogP contribution is 2.11. The van der Waals surface area contributed by atoms with Crippen LogP contribution in [0.2, 0.25) is 5.02 Å². The lowest BCUT2D eigenvalue weighted by Gasteiger charge is -2.13. The third-order valence-electron chi connectivity index (χ3n) is 2.42. The van der Waals surface area contributed by atoms with E-state index in [9.17, 15) is 4.79 Å². The fraction of sp³-hybridized carbons (Fsp3) is 0.333. The van der Waals surface area contributed by atoms with Gasteiger partial charge in [0, 0.05) is 11.6 Å². The van der Waals surface area contributed by atoms with Gasteiger partial charge in [0.1, 0.15) is 0 Å². The van der Waals surface area contributed by atoms with Gasteiger partial charge in [0.05, 0.1) is 10.9 Å². The number of rotatable bonds is 5. The molecule has 17 heavy (non-hydrogen) atoms. The van der Waals surface area contributed by atoms with Crippen molar-refractivity contribution in [3.8, 4) is 0 Å². The molecule has 1 rings (SSSR count). The van der Waals surface area contributed by atoms with Gasteiger partial charge in [0.25, 0.3) is 0 Å². The minimum Gasteiger partial charge on any atom is -0.393 e. The second-order valence-corrected chi connectivity index (χ2v) is 4.62.